The minimum absolute atomic E-state index is 0.281. The summed E-state index contributed by atoms with van der Waals surface area (Å²) in [4.78, 5) is 40.8. The number of imide groups is 1. The number of amides is 4. The number of carbonyl (C=O) groups excluding carboxylic acids is 3. The van der Waals surface area contributed by atoms with E-state index in [9.17, 15) is 14.4 Å². The van der Waals surface area contributed by atoms with Crippen LogP contribution in [0.3, 0.4) is 0 Å². The molecule has 1 fully saturated rings. The molecule has 1 unspecified atom stereocenters. The number of hydrogen-bond donors (Lipinski definition) is 1. The Hall–Kier alpha value is -2.89. The molecule has 0 bridgehead atoms. The highest BCUT2D eigenvalue weighted by Crippen LogP contribution is 2.39. The summed E-state index contributed by atoms with van der Waals surface area (Å²) in [5.41, 5.74) is 0.864. The lowest BCUT2D eigenvalue weighted by molar-refractivity contribution is -0.139. The van der Waals surface area contributed by atoms with Crippen molar-refractivity contribution < 1.29 is 14.4 Å². The zero-order valence-corrected chi connectivity index (χ0v) is 14.7. The Balaban J connectivity index is 1.85. The van der Waals surface area contributed by atoms with Crippen molar-refractivity contribution >= 4 is 17.8 Å². The van der Waals surface area contributed by atoms with E-state index in [4.69, 9.17) is 0 Å². The van der Waals surface area contributed by atoms with Gasteiger partial charge in [-0.15, -0.1) is 13.2 Å². The van der Waals surface area contributed by atoms with Crippen LogP contribution in [0.2, 0.25) is 0 Å². The van der Waals surface area contributed by atoms with Crippen LogP contribution in [0.25, 0.3) is 0 Å². The van der Waals surface area contributed by atoms with Crippen molar-refractivity contribution in [3.8, 4) is 0 Å². The van der Waals surface area contributed by atoms with Crippen LogP contribution < -0.4 is 5.32 Å². The van der Waals surface area contributed by atoms with Crippen LogP contribution in [0.5, 0.6) is 0 Å². The van der Waals surface area contributed by atoms with E-state index < -0.39 is 11.6 Å². The third kappa shape index (κ3) is 2.92. The van der Waals surface area contributed by atoms with Gasteiger partial charge in [-0.1, -0.05) is 36.4 Å². The first-order chi connectivity index (χ1) is 12.5. The van der Waals surface area contributed by atoms with Gasteiger partial charge in [0.1, 0.15) is 12.1 Å². The summed E-state index contributed by atoms with van der Waals surface area (Å²) in [6, 6.07) is 7.16. The highest BCUT2D eigenvalue weighted by atomic mass is 16.2. The Kier molecular flexibility index (Phi) is 4.93. The standard InChI is InChI=1S/C20H23N3O3/c1-3-12-22(13-4-2)17(24)14-23-18(25)20(21-19(23)26)11-7-9-15-8-5-6-10-16(15)20/h3-6,8,10H,1-2,7,9,11-14H2,(H,21,26). The van der Waals surface area contributed by atoms with E-state index in [-0.39, 0.29) is 18.4 Å². The van der Waals surface area contributed by atoms with Gasteiger partial charge in [0.15, 0.2) is 0 Å². The molecule has 0 aromatic heterocycles. The quantitative estimate of drug-likeness (QED) is 0.628. The highest BCUT2D eigenvalue weighted by Gasteiger charge is 2.54. The predicted octanol–water partition coefficient (Wildman–Crippen LogP) is 1.97. The van der Waals surface area contributed by atoms with Crippen LogP contribution in [0, 0.1) is 0 Å². The van der Waals surface area contributed by atoms with Gasteiger partial charge < -0.3 is 10.2 Å². The Bertz CT molecular complexity index is 763. The molecule has 4 amide bonds. The Morgan fingerprint density at radius 1 is 1.23 bits per heavy atom. The summed E-state index contributed by atoms with van der Waals surface area (Å²) in [5, 5.41) is 2.86. The number of urea groups is 1. The maximum absolute atomic E-state index is 13.2. The van der Waals surface area contributed by atoms with Gasteiger partial charge in [-0.25, -0.2) is 4.79 Å². The molecule has 0 saturated carbocycles. The maximum Gasteiger partial charge on any atom is 0.325 e. The second-order valence-corrected chi connectivity index (χ2v) is 6.61. The van der Waals surface area contributed by atoms with Crippen molar-refractivity contribution in [1.82, 2.24) is 15.1 Å². The molecule has 2 aliphatic rings. The number of nitrogens with one attached hydrogen (secondary N) is 1. The lowest BCUT2D eigenvalue weighted by atomic mass is 9.76. The topological polar surface area (TPSA) is 69.7 Å². The second-order valence-electron chi connectivity index (χ2n) is 6.61. The van der Waals surface area contributed by atoms with E-state index in [1.165, 1.54) is 4.90 Å². The van der Waals surface area contributed by atoms with Crippen LogP contribution in [0.4, 0.5) is 4.79 Å². The van der Waals surface area contributed by atoms with Gasteiger partial charge in [0.25, 0.3) is 5.91 Å². The van der Waals surface area contributed by atoms with Gasteiger partial charge in [-0.2, -0.15) is 0 Å². The summed E-state index contributed by atoms with van der Waals surface area (Å²) in [6.45, 7) is 7.65. The molecule has 1 atom stereocenters. The van der Waals surface area contributed by atoms with E-state index in [0.29, 0.717) is 19.5 Å². The average Bonchev–Trinajstić information content (AvgIpc) is 2.87. The van der Waals surface area contributed by atoms with E-state index >= 15 is 0 Å². The van der Waals surface area contributed by atoms with Crippen LogP contribution >= 0.6 is 0 Å². The van der Waals surface area contributed by atoms with Gasteiger partial charge >= 0.3 is 6.03 Å². The Morgan fingerprint density at radius 3 is 2.62 bits per heavy atom. The first-order valence-corrected chi connectivity index (χ1v) is 8.75. The molecule has 1 heterocycles. The fourth-order valence-corrected chi connectivity index (χ4v) is 3.78. The number of nitrogens with zero attached hydrogens (tertiary/aromatic N) is 2. The average molecular weight is 353 g/mol. The van der Waals surface area contributed by atoms with E-state index in [1.54, 1.807) is 12.2 Å². The molecular weight excluding hydrogens is 330 g/mol. The smallest absolute Gasteiger partial charge is 0.325 e. The van der Waals surface area contributed by atoms with Crippen molar-refractivity contribution in [3.05, 3.63) is 60.7 Å². The van der Waals surface area contributed by atoms with Crippen molar-refractivity contribution in [3.63, 3.8) is 0 Å². The SMILES string of the molecule is C=CCN(CC=C)C(=O)CN1C(=O)NC2(CCCc3ccccc32)C1=O. The van der Waals surface area contributed by atoms with Gasteiger partial charge in [0, 0.05) is 13.1 Å². The number of aryl methyl sites for hydroxylation is 1. The first-order valence-electron chi connectivity index (χ1n) is 8.75. The number of fused-ring (bicyclic) bond motifs is 2. The van der Waals surface area contributed by atoms with Crippen molar-refractivity contribution in [1.29, 1.82) is 0 Å². The molecule has 6 nitrogen and oxygen atoms in total. The summed E-state index contributed by atoms with van der Waals surface area (Å²) < 4.78 is 0. The molecule has 1 saturated heterocycles. The highest BCUT2D eigenvalue weighted by molar-refractivity contribution is 6.09. The molecule has 1 aromatic rings. The van der Waals surface area contributed by atoms with Crippen LogP contribution in [0.15, 0.2) is 49.6 Å². The zero-order valence-electron chi connectivity index (χ0n) is 14.7. The molecule has 3 rings (SSSR count). The van der Waals surface area contributed by atoms with Crippen LogP contribution in [-0.2, 0) is 21.5 Å². The lowest BCUT2D eigenvalue weighted by Crippen LogP contribution is -2.47. The molecule has 1 spiro atoms. The van der Waals surface area contributed by atoms with E-state index in [2.05, 4.69) is 18.5 Å². The van der Waals surface area contributed by atoms with Gasteiger partial charge in [0.2, 0.25) is 5.91 Å². The van der Waals surface area contributed by atoms with Crippen molar-refractivity contribution in [2.24, 2.45) is 0 Å². The molecule has 1 N–H and O–H groups in total. The minimum Gasteiger partial charge on any atom is -0.334 e. The third-order valence-corrected chi connectivity index (χ3v) is 5.00. The van der Waals surface area contributed by atoms with Crippen molar-refractivity contribution in [2.75, 3.05) is 19.6 Å². The summed E-state index contributed by atoms with van der Waals surface area (Å²) in [7, 11) is 0. The van der Waals surface area contributed by atoms with Crippen molar-refractivity contribution in [2.45, 2.75) is 24.8 Å². The normalized spacial score (nSPS) is 21.3. The number of carbonyl (C=O) groups is 3. The molecule has 26 heavy (non-hydrogen) atoms. The fourth-order valence-electron chi connectivity index (χ4n) is 3.78. The van der Waals surface area contributed by atoms with Gasteiger partial charge in [0.05, 0.1) is 0 Å². The molecule has 1 aliphatic heterocycles. The lowest BCUT2D eigenvalue weighted by Gasteiger charge is -2.33. The Labute approximate surface area is 153 Å². The molecule has 0 radical (unpaired) electrons. The molecule has 6 heteroatoms. The predicted molar refractivity (Wildman–Crippen MR) is 98.3 cm³/mol. The molecular formula is C20H23N3O3. The first kappa shape index (κ1) is 17.9. The second kappa shape index (κ2) is 7.15. The molecule has 1 aliphatic carbocycles. The summed E-state index contributed by atoms with van der Waals surface area (Å²) in [5.74, 6) is -0.658. The summed E-state index contributed by atoms with van der Waals surface area (Å²) >= 11 is 0. The van der Waals surface area contributed by atoms with Gasteiger partial charge in [-0.3, -0.25) is 14.5 Å². The summed E-state index contributed by atoms with van der Waals surface area (Å²) in [6.07, 6.45) is 5.44. The fraction of sp³-hybridized carbons (Fsp3) is 0.350. The van der Waals surface area contributed by atoms with Gasteiger partial charge in [-0.05, 0) is 30.4 Å². The number of rotatable bonds is 6. The number of benzene rings is 1. The maximum atomic E-state index is 13.2. The number of hydrogen-bond acceptors (Lipinski definition) is 3. The Morgan fingerprint density at radius 2 is 1.92 bits per heavy atom. The van der Waals surface area contributed by atoms with Crippen LogP contribution in [0.1, 0.15) is 24.0 Å². The molecule has 136 valence electrons. The van der Waals surface area contributed by atoms with E-state index in [0.717, 1.165) is 28.9 Å². The monoisotopic (exact) mass is 353 g/mol. The van der Waals surface area contributed by atoms with E-state index in [1.807, 2.05) is 24.3 Å². The minimum atomic E-state index is -1.05. The largest absolute Gasteiger partial charge is 0.334 e. The zero-order chi connectivity index (χ0) is 18.7. The third-order valence-electron chi connectivity index (χ3n) is 5.00. The van der Waals surface area contributed by atoms with Crippen LogP contribution in [-0.4, -0.2) is 47.3 Å². The molecule has 1 aromatic carbocycles.